The number of rotatable bonds is 5. The van der Waals surface area contributed by atoms with Crippen molar-refractivity contribution >= 4 is 23.4 Å². The van der Waals surface area contributed by atoms with Gasteiger partial charge in [-0.05, 0) is 50.3 Å². The molecule has 2 aromatic rings. The molecule has 0 saturated carbocycles. The number of allylic oxidation sites excluding steroid dienone is 2. The molecule has 3 rings (SSSR count). The maximum Gasteiger partial charge on any atom is 0.254 e. The van der Waals surface area contributed by atoms with Gasteiger partial charge in [-0.2, -0.15) is 5.26 Å². The van der Waals surface area contributed by atoms with Crippen molar-refractivity contribution in [3.8, 4) is 6.07 Å². The van der Waals surface area contributed by atoms with Crippen molar-refractivity contribution in [1.29, 1.82) is 5.26 Å². The number of anilines is 1. The van der Waals surface area contributed by atoms with E-state index >= 15 is 0 Å². The number of amides is 1. The summed E-state index contributed by atoms with van der Waals surface area (Å²) in [5.41, 5.74) is 3.44. The summed E-state index contributed by atoms with van der Waals surface area (Å²) < 4.78 is 5.85. The molecule has 1 aliphatic heterocycles. The van der Waals surface area contributed by atoms with Crippen LogP contribution in [0.25, 0.3) is 0 Å². The van der Waals surface area contributed by atoms with Crippen LogP contribution in [0.3, 0.4) is 0 Å². The average molecular weight is 394 g/mol. The van der Waals surface area contributed by atoms with E-state index in [9.17, 15) is 10.1 Å². The van der Waals surface area contributed by atoms with Crippen LogP contribution in [0.1, 0.15) is 36.8 Å². The Labute approximate surface area is 169 Å². The van der Waals surface area contributed by atoms with Gasteiger partial charge < -0.3 is 15.1 Å². The SMILES string of the molecule is CCSC1=C(C#N)C(c2ccc(C)o2)C(C(=O)Nc2ccccc2C)=C(C)N1. The third-order valence-electron chi connectivity index (χ3n) is 4.62. The highest BCUT2D eigenvalue weighted by Gasteiger charge is 2.36. The standard InChI is InChI=1S/C22H23N3O2S/c1-5-28-22-16(12-23)20(18-11-10-14(3)27-18)19(15(4)24-22)21(26)25-17-9-7-6-8-13(17)2/h6-11,20,24H,5H2,1-4H3,(H,25,26). The Balaban J connectivity index is 2.07. The first kappa shape index (κ1) is 19.8. The van der Waals surface area contributed by atoms with Crippen LogP contribution in [0.15, 0.2) is 62.7 Å². The lowest BCUT2D eigenvalue weighted by Gasteiger charge is -2.28. The van der Waals surface area contributed by atoms with Gasteiger partial charge in [0.1, 0.15) is 11.5 Å². The lowest BCUT2D eigenvalue weighted by atomic mass is 9.85. The summed E-state index contributed by atoms with van der Waals surface area (Å²) in [6.45, 7) is 7.69. The lowest BCUT2D eigenvalue weighted by Crippen LogP contribution is -2.30. The summed E-state index contributed by atoms with van der Waals surface area (Å²) in [5, 5.41) is 16.9. The Bertz CT molecular complexity index is 1010. The number of hydrogen-bond acceptors (Lipinski definition) is 5. The zero-order valence-corrected chi connectivity index (χ0v) is 17.2. The summed E-state index contributed by atoms with van der Waals surface area (Å²) >= 11 is 1.55. The molecule has 144 valence electrons. The first-order valence-corrected chi connectivity index (χ1v) is 10.1. The number of nitrogens with zero attached hydrogens (tertiary/aromatic N) is 1. The van der Waals surface area contributed by atoms with Crippen molar-refractivity contribution in [3.05, 3.63) is 75.4 Å². The molecule has 5 nitrogen and oxygen atoms in total. The largest absolute Gasteiger partial charge is 0.465 e. The lowest BCUT2D eigenvalue weighted by molar-refractivity contribution is -0.113. The minimum absolute atomic E-state index is 0.244. The third kappa shape index (κ3) is 3.85. The molecule has 0 fully saturated rings. The van der Waals surface area contributed by atoms with E-state index < -0.39 is 5.92 Å². The number of aryl methyl sites for hydroxylation is 2. The van der Waals surface area contributed by atoms with Crippen LogP contribution in [0, 0.1) is 25.2 Å². The zero-order chi connectivity index (χ0) is 20.3. The highest BCUT2D eigenvalue weighted by atomic mass is 32.2. The molecule has 0 aliphatic carbocycles. The van der Waals surface area contributed by atoms with Gasteiger partial charge in [0, 0.05) is 11.4 Å². The van der Waals surface area contributed by atoms with Crippen molar-refractivity contribution < 1.29 is 9.21 Å². The molecule has 6 heteroatoms. The second-order valence-electron chi connectivity index (χ2n) is 6.60. The third-order valence-corrected chi connectivity index (χ3v) is 5.52. The molecule has 1 unspecified atom stereocenters. The Hall–Kier alpha value is -2.91. The van der Waals surface area contributed by atoms with Crippen LogP contribution in [0.5, 0.6) is 0 Å². The number of dihydropyridines is 1. The summed E-state index contributed by atoms with van der Waals surface area (Å²) in [4.78, 5) is 13.3. The Morgan fingerprint density at radius 3 is 2.61 bits per heavy atom. The second-order valence-corrected chi connectivity index (χ2v) is 7.88. The fourth-order valence-electron chi connectivity index (χ4n) is 3.27. The Kier molecular flexibility index (Phi) is 5.96. The summed E-state index contributed by atoms with van der Waals surface area (Å²) in [7, 11) is 0. The van der Waals surface area contributed by atoms with Crippen LogP contribution in [0.2, 0.25) is 0 Å². The summed E-state index contributed by atoms with van der Waals surface area (Å²) in [6.07, 6.45) is 0. The Morgan fingerprint density at radius 2 is 2.00 bits per heavy atom. The van der Waals surface area contributed by atoms with Gasteiger partial charge in [-0.25, -0.2) is 0 Å². The molecule has 2 N–H and O–H groups in total. The van der Waals surface area contributed by atoms with Crippen molar-refractivity contribution in [2.45, 2.75) is 33.6 Å². The van der Waals surface area contributed by atoms with Gasteiger partial charge >= 0.3 is 0 Å². The molecule has 0 spiro atoms. The quantitative estimate of drug-likeness (QED) is 0.749. The molecule has 1 amide bonds. The monoisotopic (exact) mass is 393 g/mol. The molecule has 0 bridgehead atoms. The average Bonchev–Trinajstić information content (AvgIpc) is 3.09. The number of benzene rings is 1. The van der Waals surface area contributed by atoms with Gasteiger partial charge in [-0.3, -0.25) is 4.79 Å². The molecule has 1 aromatic heterocycles. The highest BCUT2D eigenvalue weighted by molar-refractivity contribution is 8.03. The van der Waals surface area contributed by atoms with Gasteiger partial charge in [0.05, 0.1) is 28.2 Å². The zero-order valence-electron chi connectivity index (χ0n) is 16.4. The first-order valence-electron chi connectivity index (χ1n) is 9.14. The number of para-hydroxylation sites is 1. The number of furan rings is 1. The molecule has 2 heterocycles. The molecular formula is C22H23N3O2S. The number of nitriles is 1. The van der Waals surface area contributed by atoms with E-state index in [1.165, 1.54) is 0 Å². The van der Waals surface area contributed by atoms with Gasteiger partial charge in [0.15, 0.2) is 0 Å². The fraction of sp³-hybridized carbons (Fsp3) is 0.273. The predicted octanol–water partition coefficient (Wildman–Crippen LogP) is 4.98. The maximum atomic E-state index is 13.3. The van der Waals surface area contributed by atoms with E-state index in [-0.39, 0.29) is 5.91 Å². The second kappa shape index (κ2) is 8.41. The van der Waals surface area contributed by atoms with Gasteiger partial charge in [-0.15, -0.1) is 11.8 Å². The van der Waals surface area contributed by atoms with Crippen molar-refractivity contribution in [2.75, 3.05) is 11.1 Å². The molecule has 1 aliphatic rings. The van der Waals surface area contributed by atoms with Crippen LogP contribution in [0.4, 0.5) is 5.69 Å². The highest BCUT2D eigenvalue weighted by Crippen LogP contribution is 2.41. The van der Waals surface area contributed by atoms with Crippen LogP contribution in [-0.4, -0.2) is 11.7 Å². The smallest absolute Gasteiger partial charge is 0.254 e. The predicted molar refractivity (Wildman–Crippen MR) is 113 cm³/mol. The van der Waals surface area contributed by atoms with E-state index in [0.29, 0.717) is 16.9 Å². The molecular weight excluding hydrogens is 370 g/mol. The van der Waals surface area contributed by atoms with E-state index in [4.69, 9.17) is 4.42 Å². The number of carbonyl (C=O) groups excluding carboxylic acids is 1. The van der Waals surface area contributed by atoms with Crippen LogP contribution >= 0.6 is 11.8 Å². The number of thioether (sulfide) groups is 1. The normalized spacial score (nSPS) is 16.6. The Morgan fingerprint density at radius 1 is 1.25 bits per heavy atom. The fourth-order valence-corrected chi connectivity index (χ4v) is 4.10. The molecule has 1 aromatic carbocycles. The summed E-state index contributed by atoms with van der Waals surface area (Å²) in [6, 6.07) is 13.6. The first-order chi connectivity index (χ1) is 13.5. The molecule has 28 heavy (non-hydrogen) atoms. The van der Waals surface area contributed by atoms with E-state index in [1.54, 1.807) is 11.8 Å². The van der Waals surface area contributed by atoms with E-state index in [2.05, 4.69) is 16.7 Å². The molecule has 1 atom stereocenters. The minimum Gasteiger partial charge on any atom is -0.465 e. The van der Waals surface area contributed by atoms with Gasteiger partial charge in [-0.1, -0.05) is 25.1 Å². The van der Waals surface area contributed by atoms with E-state index in [0.717, 1.165) is 33.5 Å². The molecule has 0 radical (unpaired) electrons. The van der Waals surface area contributed by atoms with Gasteiger partial charge in [0.25, 0.3) is 5.91 Å². The van der Waals surface area contributed by atoms with Crippen molar-refractivity contribution in [1.82, 2.24) is 5.32 Å². The summed E-state index contributed by atoms with van der Waals surface area (Å²) in [5.74, 6) is 1.37. The number of hydrogen-bond donors (Lipinski definition) is 2. The van der Waals surface area contributed by atoms with Gasteiger partial charge in [0.2, 0.25) is 0 Å². The van der Waals surface area contributed by atoms with Crippen molar-refractivity contribution in [2.24, 2.45) is 0 Å². The number of nitrogens with one attached hydrogen (secondary N) is 2. The maximum absolute atomic E-state index is 13.3. The molecule has 0 saturated heterocycles. The minimum atomic E-state index is -0.544. The van der Waals surface area contributed by atoms with Crippen molar-refractivity contribution in [3.63, 3.8) is 0 Å². The van der Waals surface area contributed by atoms with E-state index in [1.807, 2.05) is 64.1 Å². The van der Waals surface area contributed by atoms with Crippen LogP contribution in [-0.2, 0) is 4.79 Å². The number of carbonyl (C=O) groups is 1. The van der Waals surface area contributed by atoms with Crippen LogP contribution < -0.4 is 10.6 Å². The topological polar surface area (TPSA) is 78.1 Å².